The number of nitrogens with one attached hydrogen (secondary N) is 1. The number of aldehydes is 1. The molecule has 1 saturated carbocycles. The van der Waals surface area contributed by atoms with Crippen LogP contribution in [0.15, 0.2) is 48.6 Å². The number of methoxy groups -OCH3 is 1. The van der Waals surface area contributed by atoms with Gasteiger partial charge in [0.05, 0.1) is 10.9 Å². The molecule has 5 rings (SSSR count). The van der Waals surface area contributed by atoms with E-state index in [2.05, 4.69) is 9.62 Å². The van der Waals surface area contributed by atoms with Crippen LogP contribution in [0, 0.1) is 17.8 Å². The number of halogens is 1. The molecule has 0 saturated heterocycles. The number of carbonyl (C=O) groups is 2. The molecule has 5 atom stereocenters. The van der Waals surface area contributed by atoms with E-state index in [1.54, 1.807) is 32.2 Å². The minimum Gasteiger partial charge on any atom is -0.487 e. The van der Waals surface area contributed by atoms with Crippen LogP contribution in [-0.2, 0) is 32.6 Å². The van der Waals surface area contributed by atoms with Gasteiger partial charge >= 0.3 is 0 Å². The first-order valence-corrected chi connectivity index (χ1v) is 17.0. The number of allylic oxidation sites excluding steroid dienone is 1. The van der Waals surface area contributed by atoms with Crippen molar-refractivity contribution in [2.45, 2.75) is 69.8 Å². The van der Waals surface area contributed by atoms with Crippen molar-refractivity contribution in [2.75, 3.05) is 25.1 Å². The minimum atomic E-state index is -3.97. The highest BCUT2D eigenvalue weighted by Gasteiger charge is 2.47. The van der Waals surface area contributed by atoms with Gasteiger partial charge in [0.1, 0.15) is 18.0 Å². The maximum absolute atomic E-state index is 13.3. The van der Waals surface area contributed by atoms with E-state index in [1.807, 2.05) is 37.3 Å². The van der Waals surface area contributed by atoms with Gasteiger partial charge in [-0.25, -0.2) is 13.1 Å². The van der Waals surface area contributed by atoms with Crippen molar-refractivity contribution in [3.05, 3.63) is 70.3 Å². The van der Waals surface area contributed by atoms with Crippen molar-refractivity contribution in [2.24, 2.45) is 17.8 Å². The molecule has 43 heavy (non-hydrogen) atoms. The van der Waals surface area contributed by atoms with Gasteiger partial charge in [-0.05, 0) is 105 Å². The number of fused-ring (bicyclic) bond motifs is 3. The van der Waals surface area contributed by atoms with E-state index in [0.717, 1.165) is 55.2 Å². The van der Waals surface area contributed by atoms with E-state index >= 15 is 0 Å². The van der Waals surface area contributed by atoms with Crippen molar-refractivity contribution in [3.8, 4) is 5.75 Å². The van der Waals surface area contributed by atoms with Gasteiger partial charge in [-0.3, -0.25) is 9.59 Å². The number of nitrogens with zero attached hydrogens (tertiary/aromatic N) is 1. The van der Waals surface area contributed by atoms with Crippen molar-refractivity contribution in [3.63, 3.8) is 0 Å². The lowest BCUT2D eigenvalue weighted by Crippen LogP contribution is -2.52. The summed E-state index contributed by atoms with van der Waals surface area (Å²) in [6.07, 6.45) is 9.43. The smallest absolute Gasteiger partial charge is 0.264 e. The molecule has 2 aliphatic heterocycles. The molecular formula is C33H41ClN2O6S. The molecule has 2 heterocycles. The first kappa shape index (κ1) is 31.5. The monoisotopic (exact) mass is 628 g/mol. The molecule has 3 aliphatic rings. The molecule has 10 heteroatoms. The Bertz CT molecular complexity index is 1490. The summed E-state index contributed by atoms with van der Waals surface area (Å²) in [6.45, 7) is 5.09. The Kier molecular flexibility index (Phi) is 9.54. The third-order valence-electron chi connectivity index (χ3n) is 9.64. The largest absolute Gasteiger partial charge is 0.487 e. The summed E-state index contributed by atoms with van der Waals surface area (Å²) in [5, 5.41) is -0.150. The van der Waals surface area contributed by atoms with Gasteiger partial charge in [-0.15, -0.1) is 0 Å². The molecule has 2 unspecified atom stereocenters. The van der Waals surface area contributed by atoms with E-state index in [-0.39, 0.29) is 23.3 Å². The maximum atomic E-state index is 13.3. The number of hydrogen-bond acceptors (Lipinski definition) is 7. The molecule has 1 aliphatic carbocycles. The summed E-state index contributed by atoms with van der Waals surface area (Å²) in [4.78, 5) is 28.2. The zero-order valence-corrected chi connectivity index (χ0v) is 26.6. The molecule has 8 nitrogen and oxygen atoms in total. The summed E-state index contributed by atoms with van der Waals surface area (Å²) < 4.78 is 41.1. The number of anilines is 1. The van der Waals surface area contributed by atoms with Gasteiger partial charge in [-0.2, -0.15) is 0 Å². The van der Waals surface area contributed by atoms with Crippen LogP contribution in [0.4, 0.5) is 5.69 Å². The van der Waals surface area contributed by atoms with E-state index in [9.17, 15) is 18.0 Å². The van der Waals surface area contributed by atoms with Crippen LogP contribution >= 0.6 is 11.6 Å². The third kappa shape index (κ3) is 6.64. The predicted octanol–water partition coefficient (Wildman–Crippen LogP) is 5.72. The number of aryl methyl sites for hydroxylation is 1. The van der Waals surface area contributed by atoms with Gasteiger partial charge in [-0.1, -0.05) is 30.7 Å². The van der Waals surface area contributed by atoms with Crippen LogP contribution in [-0.4, -0.2) is 51.7 Å². The van der Waals surface area contributed by atoms with Crippen molar-refractivity contribution >= 4 is 39.5 Å². The Hall–Kier alpha value is -2.88. The standard InChI is InChI=1S/C33H41ClN2O6S/c1-22-7-6-15-33(21-37,41-3)29-13-10-26(29)19-36-16-5-4-8-24-17-28(34)12-9-27(24)20-42-31-14-11-25(18-30(31)36)32(38)35-43(39,40)23(22)2/h6,9,11-12,14-15,17-18,21-23,26,29H,4-5,7-8,10,13,16,19-20H2,1-3H3,(H,35,38)/b15-6+/t22-,23+,26-,29?,33?/m0/s1. The first-order valence-electron chi connectivity index (χ1n) is 15.1. The summed E-state index contributed by atoms with van der Waals surface area (Å²) in [5.74, 6) is -0.224. The lowest BCUT2D eigenvalue weighted by Gasteiger charge is -2.47. The second kappa shape index (κ2) is 13.0. The molecule has 2 aromatic rings. The second-order valence-electron chi connectivity index (χ2n) is 12.2. The third-order valence-corrected chi connectivity index (χ3v) is 11.8. The summed E-state index contributed by atoms with van der Waals surface area (Å²) in [5.41, 5.74) is 2.09. The van der Waals surface area contributed by atoms with Crippen molar-refractivity contribution in [1.82, 2.24) is 4.72 Å². The lowest BCUT2D eigenvalue weighted by atomic mass is 9.64. The van der Waals surface area contributed by atoms with Gasteiger partial charge in [0, 0.05) is 36.7 Å². The Morgan fingerprint density at radius 2 is 1.93 bits per heavy atom. The Labute approximate surface area is 259 Å². The molecule has 0 radical (unpaired) electrons. The molecule has 1 N–H and O–H groups in total. The fourth-order valence-electron chi connectivity index (χ4n) is 6.51. The predicted molar refractivity (Wildman–Crippen MR) is 168 cm³/mol. The zero-order chi connectivity index (χ0) is 30.8. The number of hydrogen-bond donors (Lipinski definition) is 1. The van der Waals surface area contributed by atoms with Gasteiger partial charge in [0.25, 0.3) is 5.91 Å². The Morgan fingerprint density at radius 3 is 2.65 bits per heavy atom. The second-order valence-corrected chi connectivity index (χ2v) is 14.7. The maximum Gasteiger partial charge on any atom is 0.264 e. The molecule has 1 fully saturated rings. The van der Waals surface area contributed by atoms with E-state index in [4.69, 9.17) is 21.1 Å². The van der Waals surface area contributed by atoms with Crippen molar-refractivity contribution < 1.29 is 27.5 Å². The van der Waals surface area contributed by atoms with Gasteiger partial charge in [0.2, 0.25) is 10.0 Å². The minimum absolute atomic E-state index is 0.0314. The van der Waals surface area contributed by atoms with E-state index in [1.165, 1.54) is 0 Å². The number of rotatable bonds is 2. The van der Waals surface area contributed by atoms with Gasteiger partial charge in [0.15, 0.2) is 6.29 Å². The van der Waals surface area contributed by atoms with Crippen LogP contribution in [0.25, 0.3) is 0 Å². The molecule has 2 bridgehead atoms. The topological polar surface area (TPSA) is 102 Å². The summed E-state index contributed by atoms with van der Waals surface area (Å²) in [7, 11) is -2.41. The average molecular weight is 629 g/mol. The van der Waals surface area contributed by atoms with Gasteiger partial charge < -0.3 is 14.4 Å². The Morgan fingerprint density at radius 1 is 1.12 bits per heavy atom. The van der Waals surface area contributed by atoms with Crippen molar-refractivity contribution in [1.29, 1.82) is 0 Å². The summed E-state index contributed by atoms with van der Waals surface area (Å²) >= 11 is 6.31. The highest BCUT2D eigenvalue weighted by molar-refractivity contribution is 7.90. The highest BCUT2D eigenvalue weighted by Crippen LogP contribution is 2.45. The summed E-state index contributed by atoms with van der Waals surface area (Å²) in [6, 6.07) is 10.9. The SMILES string of the molecule is COC1(C=O)/C=C/C[C@H](C)[C@@H](C)S(=O)(=O)NC(=O)c2ccc3c(c2)N(CCCCc2cc(Cl)ccc2CO3)C[C@@H]2CCC21. The first-order chi connectivity index (χ1) is 20.6. The average Bonchev–Trinajstić information content (AvgIpc) is 3.00. The lowest BCUT2D eigenvalue weighted by molar-refractivity contribution is -0.135. The number of benzene rings is 2. The highest BCUT2D eigenvalue weighted by atomic mass is 35.5. The number of ether oxygens (including phenoxy) is 2. The quantitative estimate of drug-likeness (QED) is 0.335. The number of sulfonamides is 1. The molecule has 2 aromatic carbocycles. The fraction of sp³-hybridized carbons (Fsp3) is 0.515. The zero-order valence-electron chi connectivity index (χ0n) is 25.1. The molecular weight excluding hydrogens is 588 g/mol. The van der Waals surface area contributed by atoms with Crippen LogP contribution in [0.1, 0.15) is 67.4 Å². The van der Waals surface area contributed by atoms with Crippen LogP contribution in [0.2, 0.25) is 5.02 Å². The molecule has 232 valence electrons. The van der Waals surface area contributed by atoms with Crippen LogP contribution in [0.5, 0.6) is 5.75 Å². The molecule has 1 amide bonds. The van der Waals surface area contributed by atoms with Crippen LogP contribution in [0.3, 0.4) is 0 Å². The molecule has 0 aromatic heterocycles. The Balaban J connectivity index is 1.58. The fourth-order valence-corrected chi connectivity index (χ4v) is 7.99. The molecule has 0 spiro atoms. The van der Waals surface area contributed by atoms with E-state index in [0.29, 0.717) is 36.9 Å². The van der Waals surface area contributed by atoms with E-state index < -0.39 is 26.8 Å². The number of amides is 1. The normalized spacial score (nSPS) is 30.2. The number of carbonyl (C=O) groups excluding carboxylic acids is 2. The van der Waals surface area contributed by atoms with Crippen LogP contribution < -0.4 is 14.4 Å².